The summed E-state index contributed by atoms with van der Waals surface area (Å²) in [5.41, 5.74) is 0. The van der Waals surface area contributed by atoms with Crippen LogP contribution in [0.1, 0.15) is 13.3 Å². The highest BCUT2D eigenvalue weighted by atomic mass is 32.2. The van der Waals surface area contributed by atoms with E-state index in [2.05, 4.69) is 0 Å². The third-order valence-electron chi connectivity index (χ3n) is 2.67. The lowest BCUT2D eigenvalue weighted by atomic mass is 10.1. The Morgan fingerprint density at radius 1 is 1.60 bits per heavy atom. The van der Waals surface area contributed by atoms with E-state index < -0.39 is 22.1 Å². The fourth-order valence-electron chi connectivity index (χ4n) is 1.50. The van der Waals surface area contributed by atoms with E-state index in [9.17, 15) is 13.2 Å². The van der Waals surface area contributed by atoms with Crippen LogP contribution in [0, 0.1) is 5.92 Å². The molecule has 1 aliphatic rings. The molecule has 0 aromatic heterocycles. The van der Waals surface area contributed by atoms with Gasteiger partial charge in [0.25, 0.3) is 10.2 Å². The number of hydrogen-bond donors (Lipinski definition) is 1. The molecule has 0 radical (unpaired) electrons. The van der Waals surface area contributed by atoms with Crippen LogP contribution in [0.25, 0.3) is 0 Å². The van der Waals surface area contributed by atoms with Crippen LogP contribution >= 0.6 is 0 Å². The Morgan fingerprint density at radius 2 is 2.20 bits per heavy atom. The second kappa shape index (κ2) is 4.46. The van der Waals surface area contributed by atoms with Crippen molar-refractivity contribution in [2.24, 2.45) is 5.92 Å². The zero-order valence-electron chi connectivity index (χ0n) is 8.88. The molecule has 0 aromatic rings. The first-order valence-electron chi connectivity index (χ1n) is 4.83. The molecule has 1 fully saturated rings. The molecule has 1 rings (SSSR count). The first kappa shape index (κ1) is 12.4. The Morgan fingerprint density at radius 3 is 2.60 bits per heavy atom. The van der Waals surface area contributed by atoms with Crippen molar-refractivity contribution in [2.45, 2.75) is 13.3 Å². The highest BCUT2D eigenvalue weighted by Gasteiger charge is 2.36. The predicted octanol–water partition coefficient (Wildman–Crippen LogP) is -0.411. The standard InChI is InChI=1S/C8H16N2O4S/c1-3-9(2)15(13,14)10-5-4-7(6-10)8(11)12/h7H,3-6H2,1-2H3,(H,11,12). The molecule has 0 aliphatic carbocycles. The van der Waals surface area contributed by atoms with Gasteiger partial charge in [-0.15, -0.1) is 0 Å². The van der Waals surface area contributed by atoms with Crippen LogP contribution in [0.4, 0.5) is 0 Å². The van der Waals surface area contributed by atoms with E-state index in [-0.39, 0.29) is 6.54 Å². The van der Waals surface area contributed by atoms with Gasteiger partial charge in [-0.05, 0) is 6.42 Å². The number of rotatable bonds is 4. The summed E-state index contributed by atoms with van der Waals surface area (Å²) >= 11 is 0. The van der Waals surface area contributed by atoms with Gasteiger partial charge < -0.3 is 5.11 Å². The Kier molecular flexibility index (Phi) is 3.69. The summed E-state index contributed by atoms with van der Waals surface area (Å²) in [5, 5.41) is 8.76. The maximum atomic E-state index is 11.8. The van der Waals surface area contributed by atoms with Crippen molar-refractivity contribution in [1.29, 1.82) is 0 Å². The van der Waals surface area contributed by atoms with Crippen LogP contribution in [-0.4, -0.2) is 54.8 Å². The van der Waals surface area contributed by atoms with E-state index in [0.29, 0.717) is 19.5 Å². The summed E-state index contributed by atoms with van der Waals surface area (Å²) in [7, 11) is -1.96. The molecule has 1 aliphatic heterocycles. The normalized spacial score (nSPS) is 23.5. The molecular weight excluding hydrogens is 220 g/mol. The van der Waals surface area contributed by atoms with Gasteiger partial charge in [-0.2, -0.15) is 17.0 Å². The van der Waals surface area contributed by atoms with Gasteiger partial charge in [0.2, 0.25) is 0 Å². The van der Waals surface area contributed by atoms with Gasteiger partial charge in [0.05, 0.1) is 5.92 Å². The molecule has 1 N–H and O–H groups in total. The minimum Gasteiger partial charge on any atom is -0.481 e. The van der Waals surface area contributed by atoms with Gasteiger partial charge in [0.15, 0.2) is 0 Å². The molecular formula is C8H16N2O4S. The molecule has 7 heteroatoms. The van der Waals surface area contributed by atoms with Crippen LogP contribution in [0.5, 0.6) is 0 Å². The van der Waals surface area contributed by atoms with E-state index >= 15 is 0 Å². The Balaban J connectivity index is 2.72. The van der Waals surface area contributed by atoms with E-state index in [1.165, 1.54) is 15.7 Å². The number of carboxylic acids is 1. The molecule has 6 nitrogen and oxygen atoms in total. The Bertz CT molecular complexity index is 341. The van der Waals surface area contributed by atoms with Crippen LogP contribution in [-0.2, 0) is 15.0 Å². The minimum atomic E-state index is -3.45. The van der Waals surface area contributed by atoms with Crippen LogP contribution < -0.4 is 0 Å². The summed E-state index contributed by atoms with van der Waals surface area (Å²) in [6, 6.07) is 0. The molecule has 1 heterocycles. The lowest BCUT2D eigenvalue weighted by Crippen LogP contribution is -2.40. The van der Waals surface area contributed by atoms with Gasteiger partial charge in [-0.25, -0.2) is 0 Å². The van der Waals surface area contributed by atoms with E-state index in [4.69, 9.17) is 5.11 Å². The van der Waals surface area contributed by atoms with Gasteiger partial charge in [-0.1, -0.05) is 6.92 Å². The van der Waals surface area contributed by atoms with Crippen molar-refractivity contribution in [1.82, 2.24) is 8.61 Å². The second-order valence-electron chi connectivity index (χ2n) is 3.60. The molecule has 0 aromatic carbocycles. The SMILES string of the molecule is CCN(C)S(=O)(=O)N1CCC(C(=O)O)C1. The summed E-state index contributed by atoms with van der Waals surface area (Å²) in [6.07, 6.45) is 0.395. The molecule has 0 amide bonds. The number of carboxylic acid groups (broad SMARTS) is 1. The number of carbonyl (C=O) groups is 1. The summed E-state index contributed by atoms with van der Waals surface area (Å²) in [5.74, 6) is -1.49. The minimum absolute atomic E-state index is 0.0853. The zero-order chi connectivity index (χ0) is 11.6. The predicted molar refractivity (Wildman–Crippen MR) is 54.5 cm³/mol. The molecule has 0 spiro atoms. The maximum absolute atomic E-state index is 11.8. The first-order chi connectivity index (χ1) is 6.89. The maximum Gasteiger partial charge on any atom is 0.307 e. The lowest BCUT2D eigenvalue weighted by Gasteiger charge is -2.22. The highest BCUT2D eigenvalue weighted by molar-refractivity contribution is 7.86. The van der Waals surface area contributed by atoms with Crippen LogP contribution in [0.3, 0.4) is 0 Å². The van der Waals surface area contributed by atoms with E-state index in [0.717, 1.165) is 0 Å². The number of nitrogens with zero attached hydrogens (tertiary/aromatic N) is 2. The summed E-state index contributed by atoms with van der Waals surface area (Å²) in [6.45, 7) is 2.50. The summed E-state index contributed by atoms with van der Waals surface area (Å²) in [4.78, 5) is 10.7. The smallest absolute Gasteiger partial charge is 0.307 e. The first-order valence-corrected chi connectivity index (χ1v) is 6.23. The highest BCUT2D eigenvalue weighted by Crippen LogP contribution is 2.20. The molecule has 88 valence electrons. The van der Waals surface area contributed by atoms with Gasteiger partial charge in [-0.3, -0.25) is 4.79 Å². The number of aliphatic carboxylic acids is 1. The van der Waals surface area contributed by atoms with Crippen LogP contribution in [0.15, 0.2) is 0 Å². The van der Waals surface area contributed by atoms with Crippen molar-refractivity contribution in [3.8, 4) is 0 Å². The largest absolute Gasteiger partial charge is 0.481 e. The number of hydrogen-bond acceptors (Lipinski definition) is 3. The Labute approximate surface area is 89.7 Å². The third-order valence-corrected chi connectivity index (χ3v) is 4.70. The molecule has 1 saturated heterocycles. The van der Waals surface area contributed by atoms with Crippen molar-refractivity contribution in [3.63, 3.8) is 0 Å². The molecule has 0 saturated carbocycles. The van der Waals surface area contributed by atoms with Crippen LogP contribution in [0.2, 0.25) is 0 Å². The van der Waals surface area contributed by atoms with Crippen molar-refractivity contribution in [2.75, 3.05) is 26.7 Å². The Hall–Kier alpha value is -0.660. The van der Waals surface area contributed by atoms with Crippen molar-refractivity contribution in [3.05, 3.63) is 0 Å². The average molecular weight is 236 g/mol. The molecule has 1 atom stereocenters. The van der Waals surface area contributed by atoms with Gasteiger partial charge >= 0.3 is 5.97 Å². The topological polar surface area (TPSA) is 77.9 Å². The fraction of sp³-hybridized carbons (Fsp3) is 0.875. The summed E-state index contributed by atoms with van der Waals surface area (Å²) < 4.78 is 26.0. The lowest BCUT2D eigenvalue weighted by molar-refractivity contribution is -0.141. The van der Waals surface area contributed by atoms with Crippen molar-refractivity contribution >= 4 is 16.2 Å². The van der Waals surface area contributed by atoms with Gasteiger partial charge in [0, 0.05) is 26.7 Å². The molecule has 0 bridgehead atoms. The molecule has 1 unspecified atom stereocenters. The quantitative estimate of drug-likeness (QED) is 0.719. The van der Waals surface area contributed by atoms with E-state index in [1.54, 1.807) is 6.92 Å². The fourth-order valence-corrected chi connectivity index (χ4v) is 2.92. The van der Waals surface area contributed by atoms with E-state index in [1.807, 2.05) is 0 Å². The molecule has 15 heavy (non-hydrogen) atoms. The van der Waals surface area contributed by atoms with Gasteiger partial charge in [0.1, 0.15) is 0 Å². The monoisotopic (exact) mass is 236 g/mol. The second-order valence-corrected chi connectivity index (χ2v) is 5.64. The average Bonchev–Trinajstić information content (AvgIpc) is 2.65. The van der Waals surface area contributed by atoms with Crippen molar-refractivity contribution < 1.29 is 18.3 Å². The third kappa shape index (κ3) is 2.47. The zero-order valence-corrected chi connectivity index (χ0v) is 9.70.